The zero-order valence-electron chi connectivity index (χ0n) is 22.0. The summed E-state index contributed by atoms with van der Waals surface area (Å²) in [5.74, 6) is 0.352. The minimum Gasteiger partial charge on any atom is -0.508 e. The summed E-state index contributed by atoms with van der Waals surface area (Å²) in [5.41, 5.74) is 1.84. The number of aromatic hydroxyl groups is 1. The number of amides is 4. The zero-order valence-corrected chi connectivity index (χ0v) is 22.0. The summed E-state index contributed by atoms with van der Waals surface area (Å²) in [6.45, 7) is 1.31. The SMILES string of the molecule is CN1CC(=O)N2C(Cc3ccc(O)cc3)C(=O)N(CC3CCCCC3)CC2N1C(=O)NCc1ccccc1. The van der Waals surface area contributed by atoms with Crippen molar-refractivity contribution in [1.29, 1.82) is 0 Å². The van der Waals surface area contributed by atoms with Crippen LogP contribution in [0.4, 0.5) is 4.79 Å². The molecule has 2 heterocycles. The van der Waals surface area contributed by atoms with Crippen molar-refractivity contribution in [2.24, 2.45) is 5.92 Å². The van der Waals surface area contributed by atoms with Gasteiger partial charge in [0.1, 0.15) is 18.0 Å². The van der Waals surface area contributed by atoms with Crippen molar-refractivity contribution < 1.29 is 19.5 Å². The van der Waals surface area contributed by atoms with E-state index in [-0.39, 0.29) is 36.7 Å². The number of urea groups is 1. The zero-order chi connectivity index (χ0) is 26.6. The Morgan fingerprint density at radius 2 is 1.68 bits per heavy atom. The fourth-order valence-electron chi connectivity index (χ4n) is 6.06. The normalized spacial score (nSPS) is 22.9. The summed E-state index contributed by atoms with van der Waals surface area (Å²) in [6.07, 6.45) is 5.51. The number of likely N-dealkylation sites (N-methyl/N-ethyl adjacent to an activating group) is 1. The Morgan fingerprint density at radius 1 is 0.974 bits per heavy atom. The quantitative estimate of drug-likeness (QED) is 0.612. The third kappa shape index (κ3) is 5.62. The number of carbonyl (C=O) groups excluding carboxylic acids is 3. The topological polar surface area (TPSA) is 96.4 Å². The summed E-state index contributed by atoms with van der Waals surface area (Å²) in [4.78, 5) is 44.3. The van der Waals surface area contributed by atoms with Gasteiger partial charge in [0.25, 0.3) is 0 Å². The van der Waals surface area contributed by atoms with Crippen molar-refractivity contribution in [3.63, 3.8) is 0 Å². The number of hydrogen-bond acceptors (Lipinski definition) is 5. The fraction of sp³-hybridized carbons (Fsp3) is 0.483. The Bertz CT molecular complexity index is 1140. The van der Waals surface area contributed by atoms with E-state index in [4.69, 9.17) is 0 Å². The van der Waals surface area contributed by atoms with Gasteiger partial charge in [-0.15, -0.1) is 0 Å². The lowest BCUT2D eigenvalue weighted by Crippen LogP contribution is -2.76. The molecule has 3 aliphatic rings. The van der Waals surface area contributed by atoms with Gasteiger partial charge in [-0.2, -0.15) is 0 Å². The number of hydrazine groups is 1. The molecule has 0 spiro atoms. The van der Waals surface area contributed by atoms with Gasteiger partial charge < -0.3 is 20.2 Å². The largest absolute Gasteiger partial charge is 0.508 e. The van der Waals surface area contributed by atoms with Crippen LogP contribution < -0.4 is 5.32 Å². The molecule has 9 nitrogen and oxygen atoms in total. The van der Waals surface area contributed by atoms with Gasteiger partial charge in [-0.1, -0.05) is 61.7 Å². The molecule has 2 atom stereocenters. The predicted molar refractivity (Wildman–Crippen MR) is 143 cm³/mol. The van der Waals surface area contributed by atoms with E-state index in [1.807, 2.05) is 35.2 Å². The number of nitrogens with one attached hydrogen (secondary N) is 1. The number of carbonyl (C=O) groups is 3. The third-order valence-electron chi connectivity index (χ3n) is 8.00. The molecular weight excluding hydrogens is 482 g/mol. The molecule has 2 saturated heterocycles. The van der Waals surface area contributed by atoms with Crippen LogP contribution >= 0.6 is 0 Å². The van der Waals surface area contributed by atoms with Crippen LogP contribution in [0.1, 0.15) is 43.2 Å². The molecule has 2 aromatic rings. The highest BCUT2D eigenvalue weighted by atomic mass is 16.3. The van der Waals surface area contributed by atoms with E-state index in [9.17, 15) is 19.5 Å². The van der Waals surface area contributed by atoms with E-state index in [0.29, 0.717) is 25.4 Å². The Kier molecular flexibility index (Phi) is 7.83. The minimum absolute atomic E-state index is 0.0112. The van der Waals surface area contributed by atoms with Crippen molar-refractivity contribution in [2.75, 3.05) is 26.7 Å². The van der Waals surface area contributed by atoms with Gasteiger partial charge in [-0.05, 0) is 42.0 Å². The Morgan fingerprint density at radius 3 is 2.39 bits per heavy atom. The lowest BCUT2D eigenvalue weighted by Gasteiger charge is -2.54. The lowest BCUT2D eigenvalue weighted by molar-refractivity contribution is -0.187. The summed E-state index contributed by atoms with van der Waals surface area (Å²) in [7, 11) is 1.74. The standard InChI is InChI=1S/C29H37N5O4/c1-31-20-27(36)33-25(16-21-12-14-24(35)15-13-21)28(37)32(18-23-10-6-3-7-11-23)19-26(33)34(31)29(38)30-17-22-8-4-2-5-9-22/h2,4-5,8-9,12-15,23,25-26,35H,3,6-7,10-11,16-20H2,1H3,(H,30,38). The summed E-state index contributed by atoms with van der Waals surface area (Å²) in [6, 6.07) is 15.4. The average molecular weight is 520 g/mol. The number of phenols is 1. The molecule has 1 aliphatic carbocycles. The smallest absolute Gasteiger partial charge is 0.334 e. The Hall–Kier alpha value is -3.59. The van der Waals surface area contributed by atoms with E-state index in [1.165, 1.54) is 19.3 Å². The first-order valence-corrected chi connectivity index (χ1v) is 13.6. The summed E-state index contributed by atoms with van der Waals surface area (Å²) < 4.78 is 0. The number of benzene rings is 2. The van der Waals surface area contributed by atoms with Crippen LogP contribution in [0.5, 0.6) is 5.75 Å². The van der Waals surface area contributed by atoms with E-state index >= 15 is 0 Å². The van der Waals surface area contributed by atoms with Gasteiger partial charge in [0, 0.05) is 26.6 Å². The van der Waals surface area contributed by atoms with Gasteiger partial charge in [-0.3, -0.25) is 9.59 Å². The molecule has 0 radical (unpaired) electrons. The number of rotatable bonds is 6. The molecule has 2 N–H and O–H groups in total. The molecular formula is C29H37N5O4. The molecule has 4 amide bonds. The van der Waals surface area contributed by atoms with E-state index < -0.39 is 12.2 Å². The van der Waals surface area contributed by atoms with Crippen LogP contribution in [0.25, 0.3) is 0 Å². The summed E-state index contributed by atoms with van der Waals surface area (Å²) >= 11 is 0. The maximum absolute atomic E-state index is 13.9. The molecule has 0 bridgehead atoms. The molecule has 2 unspecified atom stereocenters. The highest BCUT2D eigenvalue weighted by Gasteiger charge is 2.50. The monoisotopic (exact) mass is 519 g/mol. The third-order valence-corrected chi connectivity index (χ3v) is 8.00. The van der Waals surface area contributed by atoms with Gasteiger partial charge in [0.15, 0.2) is 0 Å². The van der Waals surface area contributed by atoms with Gasteiger partial charge >= 0.3 is 6.03 Å². The van der Waals surface area contributed by atoms with E-state index in [1.54, 1.807) is 46.2 Å². The molecule has 5 rings (SSSR count). The minimum atomic E-state index is -0.715. The number of piperazine rings is 1. The molecule has 38 heavy (non-hydrogen) atoms. The Balaban J connectivity index is 1.42. The fourth-order valence-corrected chi connectivity index (χ4v) is 6.06. The highest BCUT2D eigenvalue weighted by molar-refractivity contribution is 5.91. The number of nitrogens with zero attached hydrogens (tertiary/aromatic N) is 4. The molecule has 0 aromatic heterocycles. The maximum atomic E-state index is 13.9. The van der Waals surface area contributed by atoms with Gasteiger partial charge in [-0.25, -0.2) is 14.8 Å². The van der Waals surface area contributed by atoms with Crippen molar-refractivity contribution in [3.8, 4) is 5.75 Å². The molecule has 202 valence electrons. The van der Waals surface area contributed by atoms with Crippen LogP contribution in [-0.4, -0.2) is 81.7 Å². The Labute approximate surface area is 224 Å². The van der Waals surface area contributed by atoms with Crippen LogP contribution in [0.2, 0.25) is 0 Å². The van der Waals surface area contributed by atoms with E-state index in [2.05, 4.69) is 5.32 Å². The maximum Gasteiger partial charge on any atom is 0.334 e. The van der Waals surface area contributed by atoms with Crippen LogP contribution in [-0.2, 0) is 22.6 Å². The number of phenolic OH excluding ortho intramolecular Hbond substituents is 1. The molecule has 2 aliphatic heterocycles. The van der Waals surface area contributed by atoms with E-state index in [0.717, 1.165) is 24.0 Å². The first-order valence-electron chi connectivity index (χ1n) is 13.6. The second-order valence-corrected chi connectivity index (χ2v) is 10.7. The first-order chi connectivity index (χ1) is 18.4. The summed E-state index contributed by atoms with van der Waals surface area (Å²) in [5, 5.41) is 16.0. The molecule has 9 heteroatoms. The lowest BCUT2D eigenvalue weighted by atomic mass is 9.88. The van der Waals surface area contributed by atoms with Gasteiger partial charge in [0.05, 0.1) is 13.1 Å². The highest BCUT2D eigenvalue weighted by Crippen LogP contribution is 2.31. The number of fused-ring (bicyclic) bond motifs is 1. The van der Waals surface area contributed by atoms with Crippen LogP contribution in [0.3, 0.4) is 0 Å². The number of hydrogen-bond donors (Lipinski definition) is 2. The van der Waals surface area contributed by atoms with Crippen LogP contribution in [0.15, 0.2) is 54.6 Å². The average Bonchev–Trinajstić information content (AvgIpc) is 2.92. The van der Waals surface area contributed by atoms with Crippen LogP contribution in [0, 0.1) is 5.92 Å². The second kappa shape index (κ2) is 11.4. The predicted octanol–water partition coefficient (Wildman–Crippen LogP) is 2.95. The van der Waals surface area contributed by atoms with Crippen molar-refractivity contribution in [2.45, 2.75) is 57.3 Å². The first kappa shape index (κ1) is 26.0. The van der Waals surface area contributed by atoms with Crippen molar-refractivity contribution in [1.82, 2.24) is 25.1 Å². The van der Waals surface area contributed by atoms with Crippen molar-refractivity contribution >= 4 is 17.8 Å². The molecule has 3 fully saturated rings. The molecule has 2 aromatic carbocycles. The van der Waals surface area contributed by atoms with Gasteiger partial charge in [0.2, 0.25) is 11.8 Å². The van der Waals surface area contributed by atoms with Crippen molar-refractivity contribution in [3.05, 3.63) is 65.7 Å². The second-order valence-electron chi connectivity index (χ2n) is 10.7. The molecule has 1 saturated carbocycles.